The van der Waals surface area contributed by atoms with Crippen LogP contribution in [0.3, 0.4) is 0 Å². The lowest BCUT2D eigenvalue weighted by atomic mass is 9.95. The summed E-state index contributed by atoms with van der Waals surface area (Å²) in [5.41, 5.74) is 5.53. The zero-order valence-corrected chi connectivity index (χ0v) is 22.7. The molecule has 0 radical (unpaired) electrons. The Morgan fingerprint density at radius 3 is 2.55 bits per heavy atom. The van der Waals surface area contributed by atoms with Gasteiger partial charge in [0.05, 0.1) is 37.2 Å². The van der Waals surface area contributed by atoms with Gasteiger partial charge in [0.15, 0.2) is 0 Å². The Kier molecular flexibility index (Phi) is 6.85. The molecule has 1 atom stereocenters. The highest BCUT2D eigenvalue weighted by Gasteiger charge is 2.36. The molecule has 3 heterocycles. The van der Waals surface area contributed by atoms with E-state index < -0.39 is 0 Å². The number of fused-ring (bicyclic) bond motifs is 5. The third-order valence-electron chi connectivity index (χ3n) is 7.38. The van der Waals surface area contributed by atoms with Crippen LogP contribution in [0.25, 0.3) is 5.00 Å². The number of rotatable bonds is 6. The van der Waals surface area contributed by atoms with E-state index >= 15 is 0 Å². The largest absolute Gasteiger partial charge is 0.494 e. The molecule has 4 aromatic rings. The van der Waals surface area contributed by atoms with Gasteiger partial charge in [0, 0.05) is 16.6 Å². The van der Waals surface area contributed by atoms with E-state index in [1.807, 2.05) is 66.5 Å². The summed E-state index contributed by atoms with van der Waals surface area (Å²) < 4.78 is 13.8. The first kappa shape index (κ1) is 24.6. The van der Waals surface area contributed by atoms with Crippen molar-refractivity contribution in [1.82, 2.24) is 9.47 Å². The molecule has 7 heteroatoms. The summed E-state index contributed by atoms with van der Waals surface area (Å²) in [6.07, 6.45) is 6.78. The fourth-order valence-corrected chi connectivity index (χ4v) is 7.09. The van der Waals surface area contributed by atoms with Crippen LogP contribution in [0.5, 0.6) is 11.5 Å². The van der Waals surface area contributed by atoms with Gasteiger partial charge in [-0.15, -0.1) is 11.3 Å². The smallest absolute Gasteiger partial charge is 0.323 e. The molecular weight excluding hydrogens is 494 g/mol. The molecule has 0 fully saturated rings. The van der Waals surface area contributed by atoms with Crippen LogP contribution in [0.4, 0.5) is 10.5 Å². The lowest BCUT2D eigenvalue weighted by Gasteiger charge is -2.31. The van der Waals surface area contributed by atoms with Crippen molar-refractivity contribution < 1.29 is 14.3 Å². The Labute approximate surface area is 227 Å². The average Bonchev–Trinajstić information content (AvgIpc) is 3.53. The second-order valence-corrected chi connectivity index (χ2v) is 10.8. The number of ether oxygens (including phenoxy) is 2. The number of aromatic nitrogens is 1. The van der Waals surface area contributed by atoms with E-state index in [0.717, 1.165) is 29.8 Å². The monoisotopic (exact) mass is 527 g/mol. The lowest BCUT2D eigenvalue weighted by Crippen LogP contribution is -2.38. The number of anilines is 1. The quantitative estimate of drug-likeness (QED) is 0.285. The standard InChI is InChI=1S/C31H33N3O3S/c1-3-36-22-17-15-21(16-18-22)29-26-12-9-19-33(26)30-24(23-10-5-8-14-28(23)38-30)20-34(29)31(35)32-25-11-6-7-13-27(25)37-4-2/h6-7,9,11-13,15-19,29H,3-5,8,10,14,20H2,1-2H3,(H,32,35). The Bertz CT molecular complexity index is 1440. The average molecular weight is 528 g/mol. The number of carbonyl (C=O) groups excluding carboxylic acids is 1. The van der Waals surface area contributed by atoms with Crippen LogP contribution >= 0.6 is 11.3 Å². The van der Waals surface area contributed by atoms with Crippen molar-refractivity contribution in [3.8, 4) is 16.5 Å². The van der Waals surface area contributed by atoms with Crippen molar-refractivity contribution in [2.24, 2.45) is 0 Å². The first-order chi connectivity index (χ1) is 18.7. The van der Waals surface area contributed by atoms with E-state index in [4.69, 9.17) is 9.47 Å². The fraction of sp³-hybridized carbons (Fsp3) is 0.323. The van der Waals surface area contributed by atoms with Gasteiger partial charge in [0.1, 0.15) is 16.5 Å². The normalized spacial score (nSPS) is 16.2. The number of carbonyl (C=O) groups is 1. The van der Waals surface area contributed by atoms with E-state index in [2.05, 4.69) is 40.3 Å². The molecule has 1 unspecified atom stereocenters. The molecule has 6 nitrogen and oxygen atoms in total. The van der Waals surface area contributed by atoms with Gasteiger partial charge < -0.3 is 24.3 Å². The summed E-state index contributed by atoms with van der Waals surface area (Å²) in [7, 11) is 0. The molecule has 2 aliphatic rings. The van der Waals surface area contributed by atoms with Crippen molar-refractivity contribution >= 4 is 23.1 Å². The van der Waals surface area contributed by atoms with E-state index in [-0.39, 0.29) is 12.1 Å². The highest BCUT2D eigenvalue weighted by Crippen LogP contribution is 2.44. The number of aryl methyl sites for hydroxylation is 1. The van der Waals surface area contributed by atoms with Gasteiger partial charge in [0.25, 0.3) is 0 Å². The van der Waals surface area contributed by atoms with E-state index in [0.29, 0.717) is 31.2 Å². The van der Waals surface area contributed by atoms with Crippen LogP contribution in [0.15, 0.2) is 66.9 Å². The number of hydrogen-bond donors (Lipinski definition) is 1. The number of amides is 2. The number of para-hydroxylation sites is 2. The van der Waals surface area contributed by atoms with Gasteiger partial charge in [-0.05, 0) is 87.1 Å². The molecule has 0 bridgehead atoms. The SMILES string of the molecule is CCOc1ccc(C2c3cccn3-c3sc4c(c3CN2C(=O)Nc2ccccc2OCC)CCCC4)cc1. The highest BCUT2D eigenvalue weighted by molar-refractivity contribution is 7.15. The van der Waals surface area contributed by atoms with Gasteiger partial charge in [0.2, 0.25) is 0 Å². The van der Waals surface area contributed by atoms with Crippen LogP contribution in [-0.4, -0.2) is 28.7 Å². The zero-order valence-electron chi connectivity index (χ0n) is 21.9. The van der Waals surface area contributed by atoms with E-state index in [1.54, 1.807) is 0 Å². The maximum absolute atomic E-state index is 14.2. The maximum atomic E-state index is 14.2. The predicted molar refractivity (Wildman–Crippen MR) is 152 cm³/mol. The Balaban J connectivity index is 1.46. The Morgan fingerprint density at radius 2 is 1.74 bits per heavy atom. The molecule has 38 heavy (non-hydrogen) atoms. The predicted octanol–water partition coefficient (Wildman–Crippen LogP) is 7.35. The number of urea groups is 1. The Morgan fingerprint density at radius 1 is 0.947 bits per heavy atom. The minimum absolute atomic E-state index is 0.146. The second-order valence-electron chi connectivity index (χ2n) is 9.69. The molecule has 0 saturated carbocycles. The van der Waals surface area contributed by atoms with Crippen molar-refractivity contribution in [3.05, 3.63) is 94.1 Å². The fourth-order valence-electron chi connectivity index (χ4n) is 5.69. The summed E-state index contributed by atoms with van der Waals surface area (Å²) in [5.74, 6) is 1.50. The number of hydrogen-bond acceptors (Lipinski definition) is 4. The third-order valence-corrected chi connectivity index (χ3v) is 8.71. The molecule has 2 amide bonds. The topological polar surface area (TPSA) is 55.7 Å². The minimum atomic E-state index is -0.265. The molecule has 1 N–H and O–H groups in total. The van der Waals surface area contributed by atoms with Crippen LogP contribution in [0, 0.1) is 0 Å². The second kappa shape index (κ2) is 10.6. The van der Waals surface area contributed by atoms with E-state index in [1.165, 1.54) is 33.8 Å². The van der Waals surface area contributed by atoms with Gasteiger partial charge >= 0.3 is 6.03 Å². The maximum Gasteiger partial charge on any atom is 0.323 e. The summed E-state index contributed by atoms with van der Waals surface area (Å²) in [5, 5.41) is 4.43. The number of nitrogens with zero attached hydrogens (tertiary/aromatic N) is 2. The van der Waals surface area contributed by atoms with E-state index in [9.17, 15) is 4.79 Å². The molecule has 1 aliphatic carbocycles. The number of benzene rings is 2. The summed E-state index contributed by atoms with van der Waals surface area (Å²) >= 11 is 1.90. The molecule has 2 aromatic heterocycles. The number of nitrogens with one attached hydrogen (secondary N) is 1. The summed E-state index contributed by atoms with van der Waals surface area (Å²) in [6, 6.07) is 19.6. The molecule has 0 saturated heterocycles. The van der Waals surface area contributed by atoms with Crippen molar-refractivity contribution in [3.63, 3.8) is 0 Å². The summed E-state index contributed by atoms with van der Waals surface area (Å²) in [6.45, 7) is 5.62. The third kappa shape index (κ3) is 4.45. The molecular formula is C31H33N3O3S. The van der Waals surface area contributed by atoms with Crippen LogP contribution in [0.1, 0.15) is 60.0 Å². The first-order valence-electron chi connectivity index (χ1n) is 13.5. The number of thiophene rings is 1. The molecule has 6 rings (SSSR count). The van der Waals surface area contributed by atoms with Crippen LogP contribution in [0.2, 0.25) is 0 Å². The summed E-state index contributed by atoms with van der Waals surface area (Å²) in [4.78, 5) is 17.6. The van der Waals surface area contributed by atoms with Crippen molar-refractivity contribution in [1.29, 1.82) is 0 Å². The lowest BCUT2D eigenvalue weighted by molar-refractivity contribution is 0.194. The van der Waals surface area contributed by atoms with Crippen molar-refractivity contribution in [2.45, 2.75) is 52.1 Å². The minimum Gasteiger partial charge on any atom is -0.494 e. The molecule has 0 spiro atoms. The molecule has 2 aromatic carbocycles. The van der Waals surface area contributed by atoms with Gasteiger partial charge in [-0.3, -0.25) is 0 Å². The molecule has 1 aliphatic heterocycles. The van der Waals surface area contributed by atoms with Gasteiger partial charge in [-0.2, -0.15) is 0 Å². The van der Waals surface area contributed by atoms with Crippen molar-refractivity contribution in [2.75, 3.05) is 18.5 Å². The van der Waals surface area contributed by atoms with Crippen LogP contribution in [-0.2, 0) is 19.4 Å². The molecule has 196 valence electrons. The Hall–Kier alpha value is -3.71. The van der Waals surface area contributed by atoms with Gasteiger partial charge in [-0.25, -0.2) is 4.79 Å². The van der Waals surface area contributed by atoms with Crippen LogP contribution < -0.4 is 14.8 Å². The first-order valence-corrected chi connectivity index (χ1v) is 14.3. The highest BCUT2D eigenvalue weighted by atomic mass is 32.1. The van der Waals surface area contributed by atoms with Gasteiger partial charge in [-0.1, -0.05) is 24.3 Å². The zero-order chi connectivity index (χ0) is 26.1.